The molecule has 1 aliphatic carbocycles. The van der Waals surface area contributed by atoms with Gasteiger partial charge in [0.05, 0.1) is 11.4 Å². The summed E-state index contributed by atoms with van der Waals surface area (Å²) in [4.78, 5) is 39.5. The van der Waals surface area contributed by atoms with Gasteiger partial charge in [-0.25, -0.2) is 9.59 Å². The van der Waals surface area contributed by atoms with Gasteiger partial charge < -0.3 is 14.7 Å². The van der Waals surface area contributed by atoms with Crippen molar-refractivity contribution in [3.8, 4) is 0 Å². The van der Waals surface area contributed by atoms with Gasteiger partial charge >= 0.3 is 12.1 Å². The average molecular weight is 462 g/mol. The van der Waals surface area contributed by atoms with Crippen LogP contribution in [0.4, 0.5) is 4.79 Å². The van der Waals surface area contributed by atoms with Crippen molar-refractivity contribution in [1.82, 2.24) is 4.90 Å². The fourth-order valence-corrected chi connectivity index (χ4v) is 5.32. The van der Waals surface area contributed by atoms with Gasteiger partial charge in [0.15, 0.2) is 5.78 Å². The number of hydrogen-bond acceptors (Lipinski definition) is 6. The molecule has 0 aromatic carbocycles. The molecule has 0 atom stereocenters. The van der Waals surface area contributed by atoms with Crippen LogP contribution in [0.15, 0.2) is 17.5 Å². The first-order valence-electron chi connectivity index (χ1n) is 10.1. The van der Waals surface area contributed by atoms with Crippen LogP contribution in [0.1, 0.15) is 75.4 Å². The Kier molecular flexibility index (Phi) is 6.71. The molecule has 8 heteroatoms. The zero-order valence-corrected chi connectivity index (χ0v) is 20.0. The van der Waals surface area contributed by atoms with Gasteiger partial charge in [-0.05, 0) is 86.7 Å². The Morgan fingerprint density at radius 3 is 2.42 bits per heavy atom. The Morgan fingerprint density at radius 1 is 1.13 bits per heavy atom. The molecule has 0 spiro atoms. The molecule has 0 aliphatic heterocycles. The number of nitrogens with zero attached hydrogens (tertiary/aromatic N) is 1. The molecule has 1 amide bonds. The van der Waals surface area contributed by atoms with Crippen molar-refractivity contribution >= 4 is 51.7 Å². The number of allylic oxidation sites excluding steroid dienone is 2. The van der Waals surface area contributed by atoms with Crippen LogP contribution in [0.2, 0.25) is 0 Å². The third-order valence-electron chi connectivity index (χ3n) is 4.98. The number of aryl methyl sites for hydroxylation is 1. The first kappa shape index (κ1) is 23.2. The molecule has 0 saturated carbocycles. The first-order valence-corrected chi connectivity index (χ1v) is 11.8. The van der Waals surface area contributed by atoms with Crippen molar-refractivity contribution < 1.29 is 24.2 Å². The van der Waals surface area contributed by atoms with E-state index in [1.165, 1.54) is 33.1 Å². The molecular weight excluding hydrogens is 434 g/mol. The molecule has 2 aromatic rings. The molecule has 1 aliphatic rings. The van der Waals surface area contributed by atoms with E-state index in [2.05, 4.69) is 0 Å². The number of carbonyl (C=O) groups excluding carboxylic acids is 2. The van der Waals surface area contributed by atoms with Crippen molar-refractivity contribution in [2.24, 2.45) is 0 Å². The standard InChI is InChI=1S/C23H27NO5S2/c1-13-17(16-8-6-7-15(16)14-9-20(21(26)27)30-12-14)10-19(31-13)18(25)11-24(5)22(28)29-23(2,3)4/h9-10,12H,6-8,11H2,1-5H3,(H,26,27). The summed E-state index contributed by atoms with van der Waals surface area (Å²) in [6, 6.07) is 3.65. The highest BCUT2D eigenvalue weighted by Gasteiger charge is 2.25. The summed E-state index contributed by atoms with van der Waals surface area (Å²) in [5.74, 6) is -1.04. The molecule has 166 valence electrons. The summed E-state index contributed by atoms with van der Waals surface area (Å²) < 4.78 is 5.32. The highest BCUT2D eigenvalue weighted by Crippen LogP contribution is 2.43. The molecule has 0 unspecified atom stereocenters. The van der Waals surface area contributed by atoms with E-state index < -0.39 is 17.7 Å². The zero-order chi connectivity index (χ0) is 22.9. The van der Waals surface area contributed by atoms with E-state index in [0.717, 1.165) is 40.8 Å². The minimum Gasteiger partial charge on any atom is -0.477 e. The average Bonchev–Trinajstić information content (AvgIpc) is 3.38. The summed E-state index contributed by atoms with van der Waals surface area (Å²) in [5, 5.41) is 11.1. The monoisotopic (exact) mass is 461 g/mol. The van der Waals surface area contributed by atoms with Crippen LogP contribution < -0.4 is 0 Å². The second-order valence-corrected chi connectivity index (χ2v) is 10.8. The van der Waals surface area contributed by atoms with Gasteiger partial charge in [-0.2, -0.15) is 0 Å². The van der Waals surface area contributed by atoms with E-state index >= 15 is 0 Å². The number of ketones is 1. The minimum absolute atomic E-state index is 0.0489. The van der Waals surface area contributed by atoms with Crippen LogP contribution in [0.3, 0.4) is 0 Å². The number of thiophene rings is 2. The van der Waals surface area contributed by atoms with Crippen molar-refractivity contribution in [3.63, 3.8) is 0 Å². The lowest BCUT2D eigenvalue weighted by Crippen LogP contribution is -2.37. The number of carbonyl (C=O) groups is 3. The maximum Gasteiger partial charge on any atom is 0.410 e. The Bertz CT molecular complexity index is 1050. The van der Waals surface area contributed by atoms with Gasteiger partial charge in [-0.15, -0.1) is 22.7 Å². The summed E-state index contributed by atoms with van der Waals surface area (Å²) in [6.07, 6.45) is 2.27. The fourth-order valence-electron chi connectivity index (χ4n) is 3.58. The number of carboxylic acids is 1. The third kappa shape index (κ3) is 5.43. The van der Waals surface area contributed by atoms with Gasteiger partial charge in [0.25, 0.3) is 0 Å². The molecule has 2 aromatic heterocycles. The van der Waals surface area contributed by atoms with E-state index in [0.29, 0.717) is 9.75 Å². The Balaban J connectivity index is 1.82. The molecule has 0 bridgehead atoms. The topological polar surface area (TPSA) is 83.9 Å². The number of hydrogen-bond donors (Lipinski definition) is 1. The third-order valence-corrected chi connectivity index (χ3v) is 6.99. The molecule has 0 radical (unpaired) electrons. The van der Waals surface area contributed by atoms with Crippen molar-refractivity contribution in [2.75, 3.05) is 13.6 Å². The number of carboxylic acid groups (broad SMARTS) is 1. The molecule has 1 N–H and O–H groups in total. The van der Waals surface area contributed by atoms with E-state index in [1.54, 1.807) is 33.9 Å². The second kappa shape index (κ2) is 8.96. The minimum atomic E-state index is -0.912. The van der Waals surface area contributed by atoms with Crippen LogP contribution in [0, 0.1) is 6.92 Å². The normalized spacial score (nSPS) is 14.1. The van der Waals surface area contributed by atoms with Crippen LogP contribution in [0.5, 0.6) is 0 Å². The summed E-state index contributed by atoms with van der Waals surface area (Å²) in [5.41, 5.74) is 3.73. The zero-order valence-electron chi connectivity index (χ0n) is 18.4. The van der Waals surface area contributed by atoms with Crippen LogP contribution in [0.25, 0.3) is 11.1 Å². The van der Waals surface area contributed by atoms with Gasteiger partial charge in [-0.1, -0.05) is 0 Å². The molecule has 2 heterocycles. The quantitative estimate of drug-likeness (QED) is 0.537. The number of amides is 1. The highest BCUT2D eigenvalue weighted by atomic mass is 32.1. The number of rotatable bonds is 6. The molecular formula is C23H27NO5S2. The van der Waals surface area contributed by atoms with E-state index in [9.17, 15) is 19.5 Å². The lowest BCUT2D eigenvalue weighted by atomic mass is 9.98. The van der Waals surface area contributed by atoms with Crippen molar-refractivity contribution in [3.05, 3.63) is 43.3 Å². The lowest BCUT2D eigenvalue weighted by molar-refractivity contribution is 0.0295. The SMILES string of the molecule is Cc1sc(C(=O)CN(C)C(=O)OC(C)(C)C)cc1C1=C(c2csc(C(=O)O)c2)CCC1. The van der Waals surface area contributed by atoms with Crippen LogP contribution in [-0.4, -0.2) is 47.0 Å². The second-order valence-electron chi connectivity index (χ2n) is 8.66. The van der Waals surface area contributed by atoms with Crippen LogP contribution in [-0.2, 0) is 4.74 Å². The largest absolute Gasteiger partial charge is 0.477 e. The number of likely N-dealkylation sites (N-methyl/N-ethyl adjacent to an activating group) is 1. The van der Waals surface area contributed by atoms with Gasteiger partial charge in [0.1, 0.15) is 10.5 Å². The Hall–Kier alpha value is -2.45. The van der Waals surface area contributed by atoms with Crippen molar-refractivity contribution in [2.45, 2.75) is 52.6 Å². The predicted octanol–water partition coefficient (Wildman–Crippen LogP) is 5.96. The summed E-state index contributed by atoms with van der Waals surface area (Å²) in [6.45, 7) is 7.31. The van der Waals surface area contributed by atoms with Gasteiger partial charge in [0, 0.05) is 11.9 Å². The number of ether oxygens (including phenoxy) is 1. The van der Waals surface area contributed by atoms with Gasteiger partial charge in [-0.3, -0.25) is 4.79 Å². The Labute approximate surface area is 190 Å². The maximum absolute atomic E-state index is 12.8. The summed E-state index contributed by atoms with van der Waals surface area (Å²) >= 11 is 2.66. The molecule has 0 saturated heterocycles. The highest BCUT2D eigenvalue weighted by molar-refractivity contribution is 7.14. The first-order chi connectivity index (χ1) is 14.5. The number of aromatic carboxylic acids is 1. The fraction of sp³-hybridized carbons (Fsp3) is 0.435. The van der Waals surface area contributed by atoms with E-state index in [4.69, 9.17) is 4.74 Å². The van der Waals surface area contributed by atoms with E-state index in [1.807, 2.05) is 18.4 Å². The molecule has 0 fully saturated rings. The number of Topliss-reactive ketones (excluding diaryl/α,β-unsaturated/α-hetero) is 1. The molecule has 31 heavy (non-hydrogen) atoms. The van der Waals surface area contributed by atoms with Gasteiger partial charge in [0.2, 0.25) is 0 Å². The lowest BCUT2D eigenvalue weighted by Gasteiger charge is -2.24. The van der Waals surface area contributed by atoms with Crippen molar-refractivity contribution in [1.29, 1.82) is 0 Å². The van der Waals surface area contributed by atoms with Crippen LogP contribution >= 0.6 is 22.7 Å². The Morgan fingerprint density at radius 2 is 1.81 bits per heavy atom. The predicted molar refractivity (Wildman–Crippen MR) is 124 cm³/mol. The van der Waals surface area contributed by atoms with E-state index in [-0.39, 0.29) is 12.3 Å². The molecule has 6 nitrogen and oxygen atoms in total. The smallest absolute Gasteiger partial charge is 0.410 e. The molecule has 3 rings (SSSR count). The summed E-state index contributed by atoms with van der Waals surface area (Å²) in [7, 11) is 1.56. The maximum atomic E-state index is 12.8.